The van der Waals surface area contributed by atoms with Gasteiger partial charge in [-0.05, 0) is 55.1 Å². The van der Waals surface area contributed by atoms with Crippen LogP contribution >= 0.6 is 34.5 Å². The SMILES string of the molecule is CCNC(c1ccc(-c2ccc(Cl)c(Cl)c2)s1)C1CC1. The Balaban J connectivity index is 1.86. The molecule has 1 unspecified atom stereocenters. The summed E-state index contributed by atoms with van der Waals surface area (Å²) >= 11 is 13.9. The highest BCUT2D eigenvalue weighted by Crippen LogP contribution is 2.44. The molecular formula is C16H17Cl2NS. The van der Waals surface area contributed by atoms with Crippen molar-refractivity contribution in [3.8, 4) is 10.4 Å². The average molecular weight is 326 g/mol. The van der Waals surface area contributed by atoms with Crippen molar-refractivity contribution in [2.24, 2.45) is 5.92 Å². The summed E-state index contributed by atoms with van der Waals surface area (Å²) in [5.41, 5.74) is 1.14. The third kappa shape index (κ3) is 3.04. The van der Waals surface area contributed by atoms with Crippen LogP contribution in [0.2, 0.25) is 10.0 Å². The van der Waals surface area contributed by atoms with Gasteiger partial charge in [-0.2, -0.15) is 0 Å². The second-order valence-electron chi connectivity index (χ2n) is 5.20. The van der Waals surface area contributed by atoms with Gasteiger partial charge in [0.2, 0.25) is 0 Å². The van der Waals surface area contributed by atoms with Crippen LogP contribution in [0.15, 0.2) is 30.3 Å². The molecule has 4 heteroatoms. The molecule has 1 aliphatic rings. The summed E-state index contributed by atoms with van der Waals surface area (Å²) in [6, 6.07) is 10.8. The zero-order chi connectivity index (χ0) is 14.1. The maximum Gasteiger partial charge on any atom is 0.0598 e. The Bertz CT molecular complexity index is 604. The minimum absolute atomic E-state index is 0.515. The lowest BCUT2D eigenvalue weighted by atomic mass is 10.1. The smallest absolute Gasteiger partial charge is 0.0598 e. The van der Waals surface area contributed by atoms with Crippen molar-refractivity contribution in [1.29, 1.82) is 0 Å². The van der Waals surface area contributed by atoms with Crippen LogP contribution in [0.4, 0.5) is 0 Å². The fourth-order valence-electron chi connectivity index (χ4n) is 2.47. The normalized spacial score (nSPS) is 16.4. The molecule has 20 heavy (non-hydrogen) atoms. The van der Waals surface area contributed by atoms with Crippen molar-refractivity contribution in [3.05, 3.63) is 45.3 Å². The first-order chi connectivity index (χ1) is 9.69. The van der Waals surface area contributed by atoms with E-state index in [2.05, 4.69) is 24.4 Å². The highest BCUT2D eigenvalue weighted by molar-refractivity contribution is 7.15. The van der Waals surface area contributed by atoms with E-state index in [0.29, 0.717) is 16.1 Å². The first-order valence-electron chi connectivity index (χ1n) is 6.97. The molecule has 0 bridgehead atoms. The molecule has 1 aromatic carbocycles. The van der Waals surface area contributed by atoms with Crippen molar-refractivity contribution in [1.82, 2.24) is 5.32 Å². The molecule has 1 saturated carbocycles. The van der Waals surface area contributed by atoms with Gasteiger partial charge in [0.1, 0.15) is 0 Å². The predicted octanol–water partition coefficient (Wildman–Crippen LogP) is 5.78. The fraction of sp³-hybridized carbons (Fsp3) is 0.375. The van der Waals surface area contributed by atoms with Crippen molar-refractivity contribution >= 4 is 34.5 Å². The Hall–Kier alpha value is -0.540. The third-order valence-corrected chi connectivity index (χ3v) is 5.61. The van der Waals surface area contributed by atoms with Gasteiger partial charge >= 0.3 is 0 Å². The van der Waals surface area contributed by atoms with Crippen LogP contribution in [0.5, 0.6) is 0 Å². The van der Waals surface area contributed by atoms with Crippen molar-refractivity contribution < 1.29 is 0 Å². The van der Waals surface area contributed by atoms with E-state index < -0.39 is 0 Å². The number of benzene rings is 1. The molecular weight excluding hydrogens is 309 g/mol. The molecule has 1 aliphatic carbocycles. The monoisotopic (exact) mass is 325 g/mol. The Labute approximate surface area is 133 Å². The van der Waals surface area contributed by atoms with Crippen molar-refractivity contribution in [3.63, 3.8) is 0 Å². The number of halogens is 2. The summed E-state index contributed by atoms with van der Waals surface area (Å²) in [4.78, 5) is 2.68. The molecule has 106 valence electrons. The van der Waals surface area contributed by atoms with E-state index in [1.165, 1.54) is 22.6 Å². The quantitative estimate of drug-likeness (QED) is 0.734. The molecule has 0 aliphatic heterocycles. The number of thiophene rings is 1. The van der Waals surface area contributed by atoms with Gasteiger partial charge < -0.3 is 5.32 Å². The van der Waals surface area contributed by atoms with Gasteiger partial charge in [-0.3, -0.25) is 0 Å². The van der Waals surface area contributed by atoms with Crippen LogP contribution in [0.25, 0.3) is 10.4 Å². The number of hydrogen-bond acceptors (Lipinski definition) is 2. The Morgan fingerprint density at radius 1 is 1.20 bits per heavy atom. The van der Waals surface area contributed by atoms with E-state index >= 15 is 0 Å². The molecule has 1 aromatic heterocycles. The maximum atomic E-state index is 6.10. The van der Waals surface area contributed by atoms with Crippen LogP contribution in [0.3, 0.4) is 0 Å². The van der Waals surface area contributed by atoms with Gasteiger partial charge in [0.05, 0.1) is 10.0 Å². The summed E-state index contributed by atoms with van der Waals surface area (Å²) in [6.07, 6.45) is 2.69. The van der Waals surface area contributed by atoms with Gasteiger partial charge in [-0.15, -0.1) is 11.3 Å². The molecule has 0 spiro atoms. The Kier molecular flexibility index (Phi) is 4.37. The molecule has 3 rings (SSSR count). The Morgan fingerprint density at radius 3 is 2.65 bits per heavy atom. The zero-order valence-electron chi connectivity index (χ0n) is 11.3. The molecule has 2 aromatic rings. The largest absolute Gasteiger partial charge is 0.309 e. The van der Waals surface area contributed by atoms with Crippen LogP contribution in [-0.2, 0) is 0 Å². The van der Waals surface area contributed by atoms with Crippen LogP contribution < -0.4 is 5.32 Å². The Morgan fingerprint density at radius 2 is 2.00 bits per heavy atom. The molecule has 0 radical (unpaired) electrons. The highest BCUT2D eigenvalue weighted by Gasteiger charge is 2.32. The van der Waals surface area contributed by atoms with E-state index in [9.17, 15) is 0 Å². The predicted molar refractivity (Wildman–Crippen MR) is 88.9 cm³/mol. The molecule has 0 saturated heterocycles. The lowest BCUT2D eigenvalue weighted by Gasteiger charge is -2.15. The molecule has 1 heterocycles. The first kappa shape index (κ1) is 14.4. The molecule has 1 N–H and O–H groups in total. The number of rotatable bonds is 5. The van der Waals surface area contributed by atoms with Crippen LogP contribution in [0.1, 0.15) is 30.7 Å². The van der Waals surface area contributed by atoms with E-state index in [0.717, 1.165) is 18.0 Å². The van der Waals surface area contributed by atoms with Crippen LogP contribution in [-0.4, -0.2) is 6.54 Å². The molecule has 1 fully saturated rings. The summed E-state index contributed by atoms with van der Waals surface area (Å²) in [5, 5.41) is 4.83. The summed E-state index contributed by atoms with van der Waals surface area (Å²) < 4.78 is 0. The topological polar surface area (TPSA) is 12.0 Å². The minimum Gasteiger partial charge on any atom is -0.309 e. The van der Waals surface area contributed by atoms with E-state index in [-0.39, 0.29) is 0 Å². The van der Waals surface area contributed by atoms with E-state index in [1.54, 1.807) is 0 Å². The average Bonchev–Trinajstić information content (AvgIpc) is 3.16. The van der Waals surface area contributed by atoms with E-state index in [1.807, 2.05) is 29.5 Å². The van der Waals surface area contributed by atoms with Gasteiger partial charge in [0.25, 0.3) is 0 Å². The van der Waals surface area contributed by atoms with Crippen molar-refractivity contribution in [2.45, 2.75) is 25.8 Å². The second-order valence-corrected chi connectivity index (χ2v) is 7.13. The fourth-order valence-corrected chi connectivity index (χ4v) is 3.95. The van der Waals surface area contributed by atoms with Gasteiger partial charge in [0.15, 0.2) is 0 Å². The third-order valence-electron chi connectivity index (χ3n) is 3.65. The second kappa shape index (κ2) is 6.07. The lowest BCUT2D eigenvalue weighted by molar-refractivity contribution is 0.504. The van der Waals surface area contributed by atoms with Crippen LogP contribution in [0, 0.1) is 5.92 Å². The maximum absolute atomic E-state index is 6.10. The van der Waals surface area contributed by atoms with Crippen molar-refractivity contribution in [2.75, 3.05) is 6.54 Å². The van der Waals surface area contributed by atoms with Gasteiger partial charge in [-0.25, -0.2) is 0 Å². The van der Waals surface area contributed by atoms with Gasteiger partial charge in [-0.1, -0.05) is 36.2 Å². The first-order valence-corrected chi connectivity index (χ1v) is 8.55. The molecule has 1 nitrogen and oxygen atoms in total. The molecule has 0 amide bonds. The standard InChI is InChI=1S/C16H17Cl2NS/c1-2-19-16(10-3-4-10)15-8-7-14(20-15)11-5-6-12(17)13(18)9-11/h5-10,16,19H,2-4H2,1H3. The minimum atomic E-state index is 0.515. The number of hydrogen-bond donors (Lipinski definition) is 1. The highest BCUT2D eigenvalue weighted by atomic mass is 35.5. The van der Waals surface area contributed by atoms with Gasteiger partial charge in [0, 0.05) is 15.8 Å². The summed E-state index contributed by atoms with van der Waals surface area (Å²) in [5.74, 6) is 0.815. The summed E-state index contributed by atoms with van der Waals surface area (Å²) in [7, 11) is 0. The molecule has 1 atom stereocenters. The zero-order valence-corrected chi connectivity index (χ0v) is 13.7. The lowest BCUT2D eigenvalue weighted by Crippen LogP contribution is -2.21. The summed E-state index contributed by atoms with van der Waals surface area (Å²) in [6.45, 7) is 3.18. The number of nitrogens with one attached hydrogen (secondary N) is 1. The van der Waals surface area contributed by atoms with E-state index in [4.69, 9.17) is 23.2 Å².